The molecule has 0 radical (unpaired) electrons. The second-order valence-electron chi connectivity index (χ2n) is 6.66. The molecule has 0 aliphatic heterocycles. The molecule has 0 bridgehead atoms. The Morgan fingerprint density at radius 3 is 2.29 bits per heavy atom. The van der Waals surface area contributed by atoms with E-state index in [1.165, 1.54) is 12.1 Å². The topological polar surface area (TPSA) is 46.2 Å². The van der Waals surface area contributed by atoms with Crippen molar-refractivity contribution in [1.82, 2.24) is 4.72 Å². The lowest BCUT2D eigenvalue weighted by Gasteiger charge is -2.23. The SMILES string of the molecule is CCC(C)(C)c1ccc(S(=O)(=O)NCc2cc(F)ccc2C)cc1. The maximum atomic E-state index is 13.3. The van der Waals surface area contributed by atoms with Crippen molar-refractivity contribution in [3.63, 3.8) is 0 Å². The van der Waals surface area contributed by atoms with Crippen LogP contribution in [0.4, 0.5) is 4.39 Å². The van der Waals surface area contributed by atoms with Crippen molar-refractivity contribution in [1.29, 1.82) is 0 Å². The summed E-state index contributed by atoms with van der Waals surface area (Å²) in [6.07, 6.45) is 0.968. The molecule has 0 spiro atoms. The minimum Gasteiger partial charge on any atom is -0.207 e. The molecule has 0 saturated heterocycles. The van der Waals surface area contributed by atoms with Gasteiger partial charge in [-0.05, 0) is 59.7 Å². The molecule has 130 valence electrons. The Balaban J connectivity index is 2.17. The van der Waals surface area contributed by atoms with Crippen LogP contribution in [-0.2, 0) is 22.0 Å². The molecule has 0 unspecified atom stereocenters. The quantitative estimate of drug-likeness (QED) is 0.845. The number of sulfonamides is 1. The standard InChI is InChI=1S/C19H24FNO2S/c1-5-19(3,4)16-7-10-18(11-8-16)24(22,23)21-13-15-12-17(20)9-6-14(15)2/h6-12,21H,5,13H2,1-4H3. The molecule has 0 fully saturated rings. The number of halogens is 1. The van der Waals surface area contributed by atoms with Crippen molar-refractivity contribution in [2.24, 2.45) is 0 Å². The summed E-state index contributed by atoms with van der Waals surface area (Å²) in [6, 6.07) is 11.3. The first-order valence-electron chi connectivity index (χ1n) is 8.01. The van der Waals surface area contributed by atoms with Gasteiger partial charge in [0.1, 0.15) is 5.82 Å². The monoisotopic (exact) mass is 349 g/mol. The van der Waals surface area contributed by atoms with Gasteiger partial charge < -0.3 is 0 Å². The molecule has 0 atom stereocenters. The molecule has 2 rings (SSSR count). The highest BCUT2D eigenvalue weighted by Gasteiger charge is 2.20. The molecular formula is C19H24FNO2S. The van der Waals surface area contributed by atoms with E-state index in [2.05, 4.69) is 25.5 Å². The number of benzene rings is 2. The molecule has 0 saturated carbocycles. The van der Waals surface area contributed by atoms with Crippen LogP contribution < -0.4 is 4.72 Å². The van der Waals surface area contributed by atoms with Gasteiger partial charge in [0.25, 0.3) is 0 Å². The van der Waals surface area contributed by atoms with Crippen LogP contribution in [0.5, 0.6) is 0 Å². The lowest BCUT2D eigenvalue weighted by atomic mass is 9.82. The normalized spacial score (nSPS) is 12.4. The van der Waals surface area contributed by atoms with E-state index in [0.717, 1.165) is 17.5 Å². The molecule has 0 amide bonds. The maximum absolute atomic E-state index is 13.3. The maximum Gasteiger partial charge on any atom is 0.240 e. The largest absolute Gasteiger partial charge is 0.240 e. The molecule has 1 N–H and O–H groups in total. The average molecular weight is 349 g/mol. The number of aryl methyl sites for hydroxylation is 1. The van der Waals surface area contributed by atoms with E-state index < -0.39 is 10.0 Å². The summed E-state index contributed by atoms with van der Waals surface area (Å²) in [7, 11) is -3.63. The van der Waals surface area contributed by atoms with Crippen LogP contribution in [-0.4, -0.2) is 8.42 Å². The van der Waals surface area contributed by atoms with Crippen LogP contribution in [0.3, 0.4) is 0 Å². The Morgan fingerprint density at radius 2 is 1.71 bits per heavy atom. The van der Waals surface area contributed by atoms with Crippen molar-refractivity contribution in [3.05, 3.63) is 65.0 Å². The Hall–Kier alpha value is -1.72. The fourth-order valence-electron chi connectivity index (χ4n) is 2.38. The van der Waals surface area contributed by atoms with Gasteiger partial charge in [0.2, 0.25) is 10.0 Å². The van der Waals surface area contributed by atoms with Gasteiger partial charge in [0.05, 0.1) is 4.90 Å². The minimum absolute atomic E-state index is 0.00833. The van der Waals surface area contributed by atoms with Crippen LogP contribution in [0.1, 0.15) is 43.9 Å². The van der Waals surface area contributed by atoms with E-state index in [-0.39, 0.29) is 22.7 Å². The number of hydrogen-bond acceptors (Lipinski definition) is 2. The molecule has 0 aromatic heterocycles. The second kappa shape index (κ2) is 7.03. The Morgan fingerprint density at radius 1 is 1.08 bits per heavy atom. The van der Waals surface area contributed by atoms with Crippen LogP contribution in [0.15, 0.2) is 47.4 Å². The van der Waals surface area contributed by atoms with E-state index in [4.69, 9.17) is 0 Å². The van der Waals surface area contributed by atoms with E-state index in [9.17, 15) is 12.8 Å². The highest BCUT2D eigenvalue weighted by atomic mass is 32.2. The summed E-state index contributed by atoms with van der Waals surface area (Å²) >= 11 is 0. The van der Waals surface area contributed by atoms with E-state index in [1.807, 2.05) is 19.1 Å². The molecule has 5 heteroatoms. The van der Waals surface area contributed by atoms with Gasteiger partial charge in [-0.25, -0.2) is 17.5 Å². The van der Waals surface area contributed by atoms with Crippen LogP contribution >= 0.6 is 0 Å². The predicted molar refractivity (Wildman–Crippen MR) is 94.9 cm³/mol. The van der Waals surface area contributed by atoms with Crippen LogP contribution in [0.2, 0.25) is 0 Å². The van der Waals surface area contributed by atoms with Crippen molar-refractivity contribution < 1.29 is 12.8 Å². The molecule has 2 aromatic rings. The fourth-order valence-corrected chi connectivity index (χ4v) is 3.38. The van der Waals surface area contributed by atoms with Gasteiger partial charge in [0.15, 0.2) is 0 Å². The van der Waals surface area contributed by atoms with Gasteiger partial charge in [0, 0.05) is 6.54 Å². The summed E-state index contributed by atoms with van der Waals surface area (Å²) in [5.74, 6) is -0.374. The third-order valence-corrected chi connectivity index (χ3v) is 6.01. The average Bonchev–Trinajstić information content (AvgIpc) is 2.56. The minimum atomic E-state index is -3.63. The third kappa shape index (κ3) is 4.22. The molecule has 0 aliphatic rings. The summed E-state index contributed by atoms with van der Waals surface area (Å²) in [5, 5.41) is 0. The van der Waals surface area contributed by atoms with Gasteiger partial charge in [-0.1, -0.05) is 39.0 Å². The van der Waals surface area contributed by atoms with Crippen molar-refractivity contribution in [2.45, 2.75) is 51.0 Å². The smallest absolute Gasteiger partial charge is 0.207 e. The van der Waals surface area contributed by atoms with Crippen LogP contribution in [0, 0.1) is 12.7 Å². The molecule has 0 heterocycles. The summed E-state index contributed by atoms with van der Waals surface area (Å²) in [5.41, 5.74) is 2.58. The van der Waals surface area contributed by atoms with E-state index >= 15 is 0 Å². The van der Waals surface area contributed by atoms with Gasteiger partial charge in [-0.15, -0.1) is 0 Å². The molecule has 0 aliphatic carbocycles. The zero-order chi connectivity index (χ0) is 18.0. The first-order chi connectivity index (χ1) is 11.2. The second-order valence-corrected chi connectivity index (χ2v) is 8.42. The number of hydrogen-bond donors (Lipinski definition) is 1. The van der Waals surface area contributed by atoms with Crippen molar-refractivity contribution in [2.75, 3.05) is 0 Å². The Kier molecular flexibility index (Phi) is 5.45. The lowest BCUT2D eigenvalue weighted by Crippen LogP contribution is -2.24. The lowest BCUT2D eigenvalue weighted by molar-refractivity contribution is 0.505. The Labute approximate surface area is 144 Å². The first-order valence-corrected chi connectivity index (χ1v) is 9.49. The van der Waals surface area contributed by atoms with Gasteiger partial charge in [-0.3, -0.25) is 0 Å². The van der Waals surface area contributed by atoms with E-state index in [0.29, 0.717) is 5.56 Å². The molecular weight excluding hydrogens is 325 g/mol. The molecule has 3 nitrogen and oxygen atoms in total. The van der Waals surface area contributed by atoms with E-state index in [1.54, 1.807) is 18.2 Å². The zero-order valence-corrected chi connectivity index (χ0v) is 15.4. The third-order valence-electron chi connectivity index (χ3n) is 4.59. The molecule has 2 aromatic carbocycles. The van der Waals surface area contributed by atoms with Gasteiger partial charge >= 0.3 is 0 Å². The fraction of sp³-hybridized carbons (Fsp3) is 0.368. The molecule has 24 heavy (non-hydrogen) atoms. The van der Waals surface area contributed by atoms with Crippen LogP contribution in [0.25, 0.3) is 0 Å². The number of nitrogens with one attached hydrogen (secondary N) is 1. The first kappa shape index (κ1) is 18.6. The predicted octanol–water partition coefficient (Wildman–Crippen LogP) is 4.30. The summed E-state index contributed by atoms with van der Waals surface area (Å²) < 4.78 is 40.7. The summed E-state index contributed by atoms with van der Waals surface area (Å²) in [4.78, 5) is 0.215. The summed E-state index contributed by atoms with van der Waals surface area (Å²) in [6.45, 7) is 8.25. The highest BCUT2D eigenvalue weighted by molar-refractivity contribution is 7.89. The zero-order valence-electron chi connectivity index (χ0n) is 14.6. The number of rotatable bonds is 6. The van der Waals surface area contributed by atoms with Crippen molar-refractivity contribution in [3.8, 4) is 0 Å². The van der Waals surface area contributed by atoms with Gasteiger partial charge in [-0.2, -0.15) is 0 Å². The Bertz CT molecular complexity index is 812. The highest BCUT2D eigenvalue weighted by Crippen LogP contribution is 2.27. The van der Waals surface area contributed by atoms with Crippen molar-refractivity contribution >= 4 is 10.0 Å².